The quantitative estimate of drug-likeness (QED) is 0.302. The molecule has 0 bridgehead atoms. The molecule has 0 fully saturated rings. The van der Waals surface area contributed by atoms with E-state index in [1.54, 1.807) is 18.2 Å². The van der Waals surface area contributed by atoms with Crippen molar-refractivity contribution in [1.82, 2.24) is 0 Å². The molecule has 5 nitrogen and oxygen atoms in total. The van der Waals surface area contributed by atoms with Crippen LogP contribution < -0.4 is 14.8 Å². The Bertz CT molecular complexity index is 1170. The second-order valence-electron chi connectivity index (χ2n) is 6.64. The third-order valence-corrected chi connectivity index (χ3v) is 4.94. The molecule has 0 heterocycles. The van der Waals surface area contributed by atoms with Gasteiger partial charge in [0, 0.05) is 0 Å². The number of carbonyl (C=O) groups excluding carboxylic acids is 1. The minimum absolute atomic E-state index is 0.000467. The molecular formula is C25H20BrFN2O3. The van der Waals surface area contributed by atoms with E-state index in [0.29, 0.717) is 34.7 Å². The number of benzene rings is 3. The van der Waals surface area contributed by atoms with Crippen LogP contribution in [0.15, 0.2) is 76.8 Å². The highest BCUT2D eigenvalue weighted by Crippen LogP contribution is 2.38. The molecule has 3 aromatic carbocycles. The molecule has 0 aliphatic heterocycles. The molecule has 0 saturated heterocycles. The topological polar surface area (TPSA) is 71.3 Å². The van der Waals surface area contributed by atoms with Crippen molar-refractivity contribution >= 4 is 33.6 Å². The van der Waals surface area contributed by atoms with Gasteiger partial charge in [0.2, 0.25) is 0 Å². The zero-order valence-corrected chi connectivity index (χ0v) is 18.9. The van der Waals surface area contributed by atoms with Crippen molar-refractivity contribution in [2.45, 2.75) is 13.5 Å². The lowest BCUT2D eigenvalue weighted by atomic mass is 10.1. The van der Waals surface area contributed by atoms with Gasteiger partial charge >= 0.3 is 0 Å². The van der Waals surface area contributed by atoms with Gasteiger partial charge in [-0.15, -0.1) is 0 Å². The van der Waals surface area contributed by atoms with Crippen LogP contribution in [0.3, 0.4) is 0 Å². The number of nitrogens with zero attached hydrogens (tertiary/aromatic N) is 1. The molecule has 0 atom stereocenters. The van der Waals surface area contributed by atoms with E-state index >= 15 is 0 Å². The van der Waals surface area contributed by atoms with Gasteiger partial charge in [-0.25, -0.2) is 4.39 Å². The minimum atomic E-state index is -0.712. The number of amides is 1. The van der Waals surface area contributed by atoms with Crippen molar-refractivity contribution in [2.24, 2.45) is 0 Å². The van der Waals surface area contributed by atoms with Crippen LogP contribution in [0.1, 0.15) is 18.1 Å². The van der Waals surface area contributed by atoms with Crippen LogP contribution in [0.4, 0.5) is 10.1 Å². The van der Waals surface area contributed by atoms with Crippen molar-refractivity contribution in [3.63, 3.8) is 0 Å². The summed E-state index contributed by atoms with van der Waals surface area (Å²) in [5.41, 5.74) is 1.37. The van der Waals surface area contributed by atoms with Gasteiger partial charge in [-0.05, 0) is 64.3 Å². The smallest absolute Gasteiger partial charge is 0.266 e. The number of halogens is 2. The first-order valence-corrected chi connectivity index (χ1v) is 10.6. The van der Waals surface area contributed by atoms with E-state index in [1.807, 2.05) is 43.3 Å². The van der Waals surface area contributed by atoms with Gasteiger partial charge in [-0.3, -0.25) is 4.79 Å². The molecule has 0 aliphatic carbocycles. The van der Waals surface area contributed by atoms with E-state index in [1.165, 1.54) is 24.3 Å². The maximum atomic E-state index is 13.8. The number of nitrogens with one attached hydrogen (secondary N) is 1. The lowest BCUT2D eigenvalue weighted by Gasteiger charge is -2.15. The Balaban J connectivity index is 1.86. The molecule has 1 N–H and O–H groups in total. The standard InChI is InChI=1S/C25H20BrFN2O3/c1-2-31-23-14-18(13-20(26)24(23)32-16-17-8-4-3-5-9-17)12-19(15-28)25(30)29-22-11-7-6-10-21(22)27/h3-14H,2,16H2,1H3,(H,29,30)/b19-12-. The summed E-state index contributed by atoms with van der Waals surface area (Å²) in [4.78, 5) is 12.5. The fourth-order valence-corrected chi connectivity index (χ4v) is 3.45. The molecule has 0 aliphatic rings. The maximum absolute atomic E-state index is 13.8. The van der Waals surface area contributed by atoms with E-state index in [-0.39, 0.29) is 11.3 Å². The highest BCUT2D eigenvalue weighted by molar-refractivity contribution is 9.10. The van der Waals surface area contributed by atoms with Crippen LogP contribution in [0, 0.1) is 17.1 Å². The summed E-state index contributed by atoms with van der Waals surface area (Å²) in [7, 11) is 0. The van der Waals surface area contributed by atoms with Gasteiger partial charge < -0.3 is 14.8 Å². The van der Waals surface area contributed by atoms with Crippen LogP contribution in [-0.4, -0.2) is 12.5 Å². The summed E-state index contributed by atoms with van der Waals surface area (Å²) in [6.45, 7) is 2.60. The number of carbonyl (C=O) groups is 1. The van der Waals surface area contributed by atoms with Gasteiger partial charge in [-0.2, -0.15) is 5.26 Å². The summed E-state index contributed by atoms with van der Waals surface area (Å²) in [5, 5.41) is 11.9. The van der Waals surface area contributed by atoms with E-state index < -0.39 is 11.7 Å². The molecule has 0 aromatic heterocycles. The van der Waals surface area contributed by atoms with E-state index in [0.717, 1.165) is 5.56 Å². The lowest BCUT2D eigenvalue weighted by Crippen LogP contribution is -2.14. The van der Waals surface area contributed by atoms with Gasteiger partial charge in [0.15, 0.2) is 11.5 Å². The molecule has 1 amide bonds. The largest absolute Gasteiger partial charge is 0.490 e. The zero-order chi connectivity index (χ0) is 22.9. The van der Waals surface area contributed by atoms with Crippen LogP contribution >= 0.6 is 15.9 Å². The molecule has 0 saturated carbocycles. The first-order chi connectivity index (χ1) is 15.5. The molecule has 3 rings (SSSR count). The number of para-hydroxylation sites is 1. The monoisotopic (exact) mass is 494 g/mol. The number of nitriles is 1. The Morgan fingerprint density at radius 3 is 2.53 bits per heavy atom. The number of hydrogen-bond donors (Lipinski definition) is 1. The Labute approximate surface area is 194 Å². The summed E-state index contributed by atoms with van der Waals surface area (Å²) in [6.07, 6.45) is 1.41. The fourth-order valence-electron chi connectivity index (χ4n) is 2.87. The maximum Gasteiger partial charge on any atom is 0.266 e. The lowest BCUT2D eigenvalue weighted by molar-refractivity contribution is -0.112. The zero-order valence-electron chi connectivity index (χ0n) is 17.3. The number of hydrogen-bond acceptors (Lipinski definition) is 4. The van der Waals surface area contributed by atoms with Crippen molar-refractivity contribution in [3.8, 4) is 17.6 Å². The van der Waals surface area contributed by atoms with Crippen molar-refractivity contribution < 1.29 is 18.7 Å². The summed E-state index contributed by atoms with van der Waals surface area (Å²) < 4.78 is 26.1. The van der Waals surface area contributed by atoms with Gasteiger partial charge in [0.25, 0.3) is 5.91 Å². The minimum Gasteiger partial charge on any atom is -0.490 e. The normalized spacial score (nSPS) is 10.9. The second kappa shape index (κ2) is 11.1. The van der Waals surface area contributed by atoms with E-state index in [9.17, 15) is 14.4 Å². The van der Waals surface area contributed by atoms with Crippen LogP contribution in [0.5, 0.6) is 11.5 Å². The first kappa shape index (κ1) is 23.0. The molecule has 0 unspecified atom stereocenters. The first-order valence-electron chi connectivity index (χ1n) is 9.82. The third kappa shape index (κ3) is 5.96. The van der Waals surface area contributed by atoms with Crippen LogP contribution in [0.2, 0.25) is 0 Å². The second-order valence-corrected chi connectivity index (χ2v) is 7.50. The number of rotatable bonds is 8. The molecule has 0 spiro atoms. The number of anilines is 1. The van der Waals surface area contributed by atoms with E-state index in [4.69, 9.17) is 9.47 Å². The molecular weight excluding hydrogens is 475 g/mol. The highest BCUT2D eigenvalue weighted by atomic mass is 79.9. The highest BCUT2D eigenvalue weighted by Gasteiger charge is 2.15. The Hall–Kier alpha value is -3.63. The molecule has 3 aromatic rings. The summed E-state index contributed by atoms with van der Waals surface area (Å²) >= 11 is 3.49. The van der Waals surface area contributed by atoms with Gasteiger partial charge in [0.05, 0.1) is 16.8 Å². The summed E-state index contributed by atoms with van der Waals surface area (Å²) in [5.74, 6) is -0.312. The fraction of sp³-hybridized carbons (Fsp3) is 0.120. The van der Waals surface area contributed by atoms with Gasteiger partial charge in [-0.1, -0.05) is 42.5 Å². The summed E-state index contributed by atoms with van der Waals surface area (Å²) in [6, 6.07) is 20.7. The predicted molar refractivity (Wildman–Crippen MR) is 125 cm³/mol. The Kier molecular flexibility index (Phi) is 8.01. The third-order valence-electron chi connectivity index (χ3n) is 4.36. The van der Waals surface area contributed by atoms with Crippen molar-refractivity contribution in [2.75, 3.05) is 11.9 Å². The predicted octanol–water partition coefficient (Wildman–Crippen LogP) is 6.11. The Morgan fingerprint density at radius 2 is 1.84 bits per heavy atom. The van der Waals surface area contributed by atoms with Crippen molar-refractivity contribution in [3.05, 3.63) is 93.7 Å². The SMILES string of the molecule is CCOc1cc(/C=C(/C#N)C(=O)Nc2ccccc2F)cc(Br)c1OCc1ccccc1. The van der Waals surface area contributed by atoms with E-state index in [2.05, 4.69) is 21.2 Å². The van der Waals surface area contributed by atoms with Crippen LogP contribution in [-0.2, 0) is 11.4 Å². The number of ether oxygens (including phenoxy) is 2. The molecule has 0 radical (unpaired) electrons. The van der Waals surface area contributed by atoms with Crippen LogP contribution in [0.25, 0.3) is 6.08 Å². The molecule has 162 valence electrons. The Morgan fingerprint density at radius 1 is 1.12 bits per heavy atom. The van der Waals surface area contributed by atoms with Crippen molar-refractivity contribution in [1.29, 1.82) is 5.26 Å². The molecule has 7 heteroatoms. The molecule has 32 heavy (non-hydrogen) atoms. The average molecular weight is 495 g/mol. The average Bonchev–Trinajstić information content (AvgIpc) is 2.79. The van der Waals surface area contributed by atoms with Gasteiger partial charge in [0.1, 0.15) is 24.1 Å².